The molecule has 0 fully saturated rings. The number of hydrogen-bond donors (Lipinski definition) is 3. The zero-order chi connectivity index (χ0) is 32.5. The Hall–Kier alpha value is -4.71. The van der Waals surface area contributed by atoms with Crippen molar-refractivity contribution in [1.82, 2.24) is 10.3 Å². The largest absolute Gasteiger partial charge is 0.497 e. The summed E-state index contributed by atoms with van der Waals surface area (Å²) >= 11 is 6.18. The van der Waals surface area contributed by atoms with Gasteiger partial charge in [0.05, 0.1) is 18.1 Å². The monoisotopic (exact) mass is 712 g/mol. The van der Waals surface area contributed by atoms with Gasteiger partial charge in [-0.3, -0.25) is 14.4 Å². The lowest BCUT2D eigenvalue weighted by Gasteiger charge is -2.13. The minimum absolute atomic E-state index is 0.0902. The van der Waals surface area contributed by atoms with Crippen LogP contribution in [-0.2, 0) is 9.59 Å². The fourth-order valence-electron chi connectivity index (χ4n) is 4.23. The number of methoxy groups -OCH3 is 1. The van der Waals surface area contributed by atoms with Gasteiger partial charge in [-0.1, -0.05) is 58.4 Å². The highest BCUT2D eigenvalue weighted by molar-refractivity contribution is 9.10. The fourth-order valence-corrected chi connectivity index (χ4v) is 6.24. The van der Waals surface area contributed by atoms with Gasteiger partial charge in [0, 0.05) is 31.6 Å². The van der Waals surface area contributed by atoms with E-state index in [0.717, 1.165) is 31.9 Å². The summed E-state index contributed by atoms with van der Waals surface area (Å²) < 4.78 is 6.13. The first-order chi connectivity index (χ1) is 22.3. The summed E-state index contributed by atoms with van der Waals surface area (Å²) in [4.78, 5) is 44.6. The van der Waals surface area contributed by atoms with Crippen molar-refractivity contribution >= 4 is 73.6 Å². The Morgan fingerprint density at radius 2 is 1.67 bits per heavy atom. The minimum atomic E-state index is -0.478. The zero-order valence-electron chi connectivity index (χ0n) is 24.8. The Kier molecular flexibility index (Phi) is 11.0. The van der Waals surface area contributed by atoms with Crippen molar-refractivity contribution in [3.05, 3.63) is 130 Å². The number of ether oxygens (including phenoxy) is 1. The number of carbonyl (C=O) groups excluding carboxylic acids is 3. The molecule has 232 valence electrons. The number of carbonyl (C=O) groups is 3. The molecule has 3 amide bonds. The molecule has 5 rings (SSSR count). The van der Waals surface area contributed by atoms with Gasteiger partial charge in [-0.05, 0) is 79.2 Å². The number of amides is 3. The summed E-state index contributed by atoms with van der Waals surface area (Å²) in [5.41, 5.74) is 3.45. The lowest BCUT2D eigenvalue weighted by Crippen LogP contribution is -2.30. The molecule has 1 heterocycles. The number of nitrogens with zero attached hydrogens (tertiary/aromatic N) is 1. The van der Waals surface area contributed by atoms with Crippen LogP contribution in [0.2, 0.25) is 0 Å². The normalized spacial score (nSPS) is 11.8. The number of nitrogens with one attached hydrogen (secondary N) is 3. The molecule has 5 aromatic rings. The Bertz CT molecular complexity index is 1880. The van der Waals surface area contributed by atoms with Crippen molar-refractivity contribution in [2.45, 2.75) is 17.1 Å². The number of thioether (sulfide) groups is 1. The van der Waals surface area contributed by atoms with Crippen LogP contribution < -0.4 is 20.7 Å². The second-order valence-electron chi connectivity index (χ2n) is 9.93. The van der Waals surface area contributed by atoms with Gasteiger partial charge in [0.15, 0.2) is 5.13 Å². The van der Waals surface area contributed by atoms with E-state index in [-0.39, 0.29) is 11.6 Å². The second-order valence-corrected chi connectivity index (χ2v) is 13.1. The van der Waals surface area contributed by atoms with Crippen molar-refractivity contribution in [3.63, 3.8) is 0 Å². The van der Waals surface area contributed by atoms with Crippen LogP contribution in [0.5, 0.6) is 5.75 Å². The first kappa shape index (κ1) is 32.7. The Morgan fingerprint density at radius 3 is 2.41 bits per heavy atom. The van der Waals surface area contributed by atoms with Crippen LogP contribution in [-0.4, -0.2) is 35.1 Å². The van der Waals surface area contributed by atoms with Gasteiger partial charge in [-0.15, -0.1) is 23.1 Å². The van der Waals surface area contributed by atoms with Crippen molar-refractivity contribution in [2.24, 2.45) is 0 Å². The predicted octanol–water partition coefficient (Wildman–Crippen LogP) is 8.11. The van der Waals surface area contributed by atoms with Gasteiger partial charge < -0.3 is 20.7 Å². The van der Waals surface area contributed by atoms with Crippen molar-refractivity contribution < 1.29 is 19.1 Å². The molecule has 4 aromatic carbocycles. The predicted molar refractivity (Wildman–Crippen MR) is 189 cm³/mol. The number of rotatable bonds is 11. The molecule has 8 nitrogen and oxygen atoms in total. The maximum absolute atomic E-state index is 13.3. The molecule has 0 aliphatic carbocycles. The van der Waals surface area contributed by atoms with Crippen molar-refractivity contribution in [1.29, 1.82) is 0 Å². The van der Waals surface area contributed by atoms with E-state index in [1.165, 1.54) is 23.1 Å². The number of aromatic nitrogens is 1. The highest BCUT2D eigenvalue weighted by Crippen LogP contribution is 2.29. The van der Waals surface area contributed by atoms with E-state index in [1.807, 2.05) is 79.0 Å². The Labute approximate surface area is 283 Å². The Balaban J connectivity index is 1.21. The third kappa shape index (κ3) is 8.94. The highest BCUT2D eigenvalue weighted by atomic mass is 79.9. The molecule has 0 aliphatic rings. The maximum Gasteiger partial charge on any atom is 0.272 e. The minimum Gasteiger partial charge on any atom is -0.497 e. The van der Waals surface area contributed by atoms with E-state index in [1.54, 1.807) is 49.6 Å². The quantitative estimate of drug-likeness (QED) is 0.0943. The van der Waals surface area contributed by atoms with E-state index < -0.39 is 17.1 Å². The molecule has 1 unspecified atom stereocenters. The molecule has 1 aromatic heterocycles. The molecular formula is C35H29BrN4O4S2. The molecule has 3 N–H and O–H groups in total. The molecule has 11 heteroatoms. The molecule has 1 atom stereocenters. The number of halogens is 1. The van der Waals surface area contributed by atoms with Crippen LogP contribution in [0, 0.1) is 0 Å². The zero-order valence-corrected chi connectivity index (χ0v) is 28.0. The lowest BCUT2D eigenvalue weighted by atomic mass is 10.1. The summed E-state index contributed by atoms with van der Waals surface area (Å²) in [5, 5.41) is 10.5. The summed E-state index contributed by atoms with van der Waals surface area (Å²) in [6.07, 6.45) is 1.62. The van der Waals surface area contributed by atoms with Gasteiger partial charge >= 0.3 is 0 Å². The molecule has 0 radical (unpaired) electrons. The maximum atomic E-state index is 13.3. The van der Waals surface area contributed by atoms with E-state index in [9.17, 15) is 14.4 Å². The average molecular weight is 714 g/mol. The van der Waals surface area contributed by atoms with Gasteiger partial charge in [0.25, 0.3) is 11.8 Å². The third-order valence-electron chi connectivity index (χ3n) is 6.58. The van der Waals surface area contributed by atoms with E-state index in [2.05, 4.69) is 36.9 Å². The first-order valence-corrected chi connectivity index (χ1v) is 16.6. The standard InChI is InChI=1S/C35H29BrN4O4S2/c1-22(32(41)40-35-39-31(21-45-35)25-11-7-13-28(20-25)44-2)46-29-16-14-27(15-17-29)37-34(43)30(19-23-8-6-12-26(36)18-23)38-33(42)24-9-4-3-5-10-24/h3-22H,1-2H3,(H,37,43)(H,38,42)(H,39,40,41)/b30-19-. The van der Waals surface area contributed by atoms with Crippen LogP contribution in [0.1, 0.15) is 22.8 Å². The van der Waals surface area contributed by atoms with Crippen molar-refractivity contribution in [2.75, 3.05) is 17.7 Å². The van der Waals surface area contributed by atoms with E-state index in [0.29, 0.717) is 16.4 Å². The highest BCUT2D eigenvalue weighted by Gasteiger charge is 2.18. The summed E-state index contributed by atoms with van der Waals surface area (Å²) in [5.74, 6) is -0.316. The van der Waals surface area contributed by atoms with Crippen LogP contribution in [0.3, 0.4) is 0 Å². The summed E-state index contributed by atoms with van der Waals surface area (Å²) in [6.45, 7) is 1.82. The summed E-state index contributed by atoms with van der Waals surface area (Å²) in [6, 6.07) is 30.9. The van der Waals surface area contributed by atoms with Crippen LogP contribution in [0.25, 0.3) is 17.3 Å². The van der Waals surface area contributed by atoms with E-state index >= 15 is 0 Å². The summed E-state index contributed by atoms with van der Waals surface area (Å²) in [7, 11) is 1.61. The number of hydrogen-bond acceptors (Lipinski definition) is 7. The molecular weight excluding hydrogens is 684 g/mol. The second kappa shape index (κ2) is 15.5. The number of anilines is 2. The van der Waals surface area contributed by atoms with Gasteiger partial charge in [-0.2, -0.15) is 0 Å². The number of thiazole rings is 1. The molecule has 46 heavy (non-hydrogen) atoms. The van der Waals surface area contributed by atoms with Gasteiger partial charge in [0.1, 0.15) is 11.4 Å². The smallest absolute Gasteiger partial charge is 0.272 e. The molecule has 0 aliphatic heterocycles. The molecule has 0 spiro atoms. The van der Waals surface area contributed by atoms with Crippen molar-refractivity contribution in [3.8, 4) is 17.0 Å². The van der Waals surface area contributed by atoms with Crippen LogP contribution in [0.15, 0.2) is 124 Å². The molecule has 0 bridgehead atoms. The van der Waals surface area contributed by atoms with Crippen LogP contribution in [0.4, 0.5) is 10.8 Å². The van der Waals surface area contributed by atoms with Gasteiger partial charge in [-0.25, -0.2) is 4.98 Å². The first-order valence-electron chi connectivity index (χ1n) is 14.1. The van der Waals surface area contributed by atoms with Crippen LogP contribution >= 0.6 is 39.0 Å². The number of benzene rings is 4. The SMILES string of the molecule is COc1cccc(-c2csc(NC(=O)C(C)Sc3ccc(NC(=O)/C(=C/c4cccc(Br)c4)NC(=O)c4ccccc4)cc3)n2)c1. The van der Waals surface area contributed by atoms with Gasteiger partial charge in [0.2, 0.25) is 5.91 Å². The molecule has 0 saturated heterocycles. The topological polar surface area (TPSA) is 109 Å². The van der Waals surface area contributed by atoms with E-state index in [4.69, 9.17) is 4.74 Å². The third-order valence-corrected chi connectivity index (χ3v) is 8.95. The molecule has 0 saturated carbocycles. The fraction of sp³-hybridized carbons (Fsp3) is 0.0857. The lowest BCUT2D eigenvalue weighted by molar-refractivity contribution is -0.115. The average Bonchev–Trinajstić information content (AvgIpc) is 3.54. The Morgan fingerprint density at radius 1 is 0.913 bits per heavy atom.